The molecule has 21 heavy (non-hydrogen) atoms. The molecule has 106 valence electrons. The minimum atomic E-state index is -0.448. The van der Waals surface area contributed by atoms with Crippen molar-refractivity contribution in [1.29, 1.82) is 0 Å². The largest absolute Gasteiger partial charge is 0.326 e. The molecule has 0 saturated carbocycles. The zero-order chi connectivity index (χ0) is 14.8. The molecule has 5 heteroatoms. The Morgan fingerprint density at radius 3 is 2.57 bits per heavy atom. The minimum absolute atomic E-state index is 0.0956. The Labute approximate surface area is 131 Å². The predicted molar refractivity (Wildman–Crippen MR) is 85.8 cm³/mol. The normalized spacial score (nSPS) is 10.8. The second-order valence-corrected chi connectivity index (χ2v) is 5.95. The maximum absolute atomic E-state index is 14.1. The molecule has 1 heterocycles. The number of benzene rings is 2. The standard InChI is InChI=1S/C16H12ClFN2S/c17-12-8-4-7-11(14(12)18)16-20-15(13(9-19)21-16)10-5-2-1-3-6-10/h1-8H,9,19H2. The summed E-state index contributed by atoms with van der Waals surface area (Å²) in [6, 6.07) is 14.7. The van der Waals surface area contributed by atoms with Crippen molar-refractivity contribution in [3.05, 3.63) is 64.2 Å². The Bertz CT molecular complexity index is 771. The number of hydrogen-bond donors (Lipinski definition) is 1. The Morgan fingerprint density at radius 1 is 1.10 bits per heavy atom. The van der Waals surface area contributed by atoms with E-state index in [0.29, 0.717) is 17.1 Å². The highest BCUT2D eigenvalue weighted by Crippen LogP contribution is 2.36. The first kappa shape index (κ1) is 14.2. The molecule has 3 rings (SSSR count). The predicted octanol–water partition coefficient (Wildman–Crippen LogP) is 4.73. The molecule has 0 fully saturated rings. The molecular weight excluding hydrogens is 307 g/mol. The Kier molecular flexibility index (Phi) is 4.01. The quantitative estimate of drug-likeness (QED) is 0.758. The van der Waals surface area contributed by atoms with Crippen LogP contribution in [-0.4, -0.2) is 4.98 Å². The van der Waals surface area contributed by atoms with Crippen LogP contribution in [0.3, 0.4) is 0 Å². The number of aromatic nitrogens is 1. The first-order valence-electron chi connectivity index (χ1n) is 6.40. The van der Waals surface area contributed by atoms with Crippen LogP contribution in [0.15, 0.2) is 48.5 Å². The first-order valence-corrected chi connectivity index (χ1v) is 7.59. The Balaban J connectivity index is 2.14. The summed E-state index contributed by atoms with van der Waals surface area (Å²) in [4.78, 5) is 5.49. The monoisotopic (exact) mass is 318 g/mol. The van der Waals surface area contributed by atoms with Crippen molar-refractivity contribution < 1.29 is 4.39 Å². The highest BCUT2D eigenvalue weighted by Gasteiger charge is 2.16. The van der Waals surface area contributed by atoms with E-state index < -0.39 is 5.82 Å². The number of thiazole rings is 1. The molecular formula is C16H12ClFN2S. The second-order valence-electron chi connectivity index (χ2n) is 4.46. The van der Waals surface area contributed by atoms with Gasteiger partial charge in [-0.3, -0.25) is 0 Å². The summed E-state index contributed by atoms with van der Waals surface area (Å²) in [6.07, 6.45) is 0. The van der Waals surface area contributed by atoms with E-state index in [1.807, 2.05) is 30.3 Å². The summed E-state index contributed by atoms with van der Waals surface area (Å²) >= 11 is 7.23. The van der Waals surface area contributed by atoms with Crippen LogP contribution in [0.2, 0.25) is 5.02 Å². The summed E-state index contributed by atoms with van der Waals surface area (Å²) in [5.74, 6) is -0.448. The van der Waals surface area contributed by atoms with Gasteiger partial charge in [0.25, 0.3) is 0 Å². The number of halogens is 2. The van der Waals surface area contributed by atoms with Crippen LogP contribution in [0.4, 0.5) is 4.39 Å². The van der Waals surface area contributed by atoms with Crippen molar-refractivity contribution in [2.24, 2.45) is 5.73 Å². The molecule has 3 aromatic rings. The zero-order valence-electron chi connectivity index (χ0n) is 11.0. The summed E-state index contributed by atoms with van der Waals surface area (Å²) in [5, 5.41) is 0.688. The third-order valence-electron chi connectivity index (χ3n) is 3.11. The summed E-state index contributed by atoms with van der Waals surface area (Å²) in [6.45, 7) is 0.365. The molecule has 0 saturated heterocycles. The van der Waals surface area contributed by atoms with Crippen LogP contribution < -0.4 is 5.73 Å². The fourth-order valence-corrected chi connectivity index (χ4v) is 3.25. The van der Waals surface area contributed by atoms with Crippen LogP contribution in [0.25, 0.3) is 21.8 Å². The van der Waals surface area contributed by atoms with Crippen molar-refractivity contribution in [3.8, 4) is 21.8 Å². The van der Waals surface area contributed by atoms with Gasteiger partial charge in [0, 0.05) is 22.5 Å². The maximum atomic E-state index is 14.1. The van der Waals surface area contributed by atoms with E-state index in [9.17, 15) is 4.39 Å². The molecule has 2 aromatic carbocycles. The SMILES string of the molecule is NCc1sc(-c2cccc(Cl)c2F)nc1-c1ccccc1. The highest BCUT2D eigenvalue weighted by molar-refractivity contribution is 7.15. The van der Waals surface area contributed by atoms with Crippen LogP contribution >= 0.6 is 22.9 Å². The van der Waals surface area contributed by atoms with Crippen LogP contribution in [0, 0.1) is 5.82 Å². The van der Waals surface area contributed by atoms with Gasteiger partial charge in [0.05, 0.1) is 10.7 Å². The lowest BCUT2D eigenvalue weighted by atomic mass is 10.1. The van der Waals surface area contributed by atoms with Gasteiger partial charge in [-0.15, -0.1) is 11.3 Å². The lowest BCUT2D eigenvalue weighted by molar-refractivity contribution is 0.631. The summed E-state index contributed by atoms with van der Waals surface area (Å²) in [5.41, 5.74) is 7.98. The number of nitrogens with two attached hydrogens (primary N) is 1. The molecule has 0 aliphatic heterocycles. The zero-order valence-corrected chi connectivity index (χ0v) is 12.6. The van der Waals surface area contributed by atoms with Crippen molar-refractivity contribution in [1.82, 2.24) is 4.98 Å². The smallest absolute Gasteiger partial charge is 0.152 e. The number of nitrogens with zero attached hydrogens (tertiary/aromatic N) is 1. The van der Waals surface area contributed by atoms with Gasteiger partial charge in [-0.2, -0.15) is 0 Å². The third kappa shape index (κ3) is 2.70. The molecule has 2 nitrogen and oxygen atoms in total. The van der Waals surface area contributed by atoms with Crippen molar-refractivity contribution in [2.75, 3.05) is 0 Å². The molecule has 1 aromatic heterocycles. The molecule has 2 N–H and O–H groups in total. The van der Waals surface area contributed by atoms with Gasteiger partial charge >= 0.3 is 0 Å². The maximum Gasteiger partial charge on any atom is 0.152 e. The van der Waals surface area contributed by atoms with Gasteiger partial charge in [0.2, 0.25) is 0 Å². The lowest BCUT2D eigenvalue weighted by Crippen LogP contribution is -1.95. The van der Waals surface area contributed by atoms with E-state index in [4.69, 9.17) is 17.3 Å². The second kappa shape index (κ2) is 5.93. The highest BCUT2D eigenvalue weighted by atomic mass is 35.5. The van der Waals surface area contributed by atoms with E-state index in [0.717, 1.165) is 16.1 Å². The Morgan fingerprint density at radius 2 is 1.86 bits per heavy atom. The first-order chi connectivity index (χ1) is 10.2. The molecule has 0 spiro atoms. The van der Waals surface area contributed by atoms with Crippen molar-refractivity contribution >= 4 is 22.9 Å². The van der Waals surface area contributed by atoms with Crippen LogP contribution in [0.5, 0.6) is 0 Å². The third-order valence-corrected chi connectivity index (χ3v) is 4.51. The van der Waals surface area contributed by atoms with Gasteiger partial charge in [-0.1, -0.05) is 48.0 Å². The van der Waals surface area contributed by atoms with E-state index in [-0.39, 0.29) is 5.02 Å². The van der Waals surface area contributed by atoms with Crippen LogP contribution in [-0.2, 0) is 6.54 Å². The Hall–Kier alpha value is -1.75. The molecule has 0 amide bonds. The average Bonchev–Trinajstić information content (AvgIpc) is 2.95. The van der Waals surface area contributed by atoms with E-state index in [2.05, 4.69) is 4.98 Å². The number of hydrogen-bond acceptors (Lipinski definition) is 3. The molecule has 0 atom stereocenters. The molecule has 0 aliphatic carbocycles. The fourth-order valence-electron chi connectivity index (χ4n) is 2.10. The molecule has 0 radical (unpaired) electrons. The van der Waals surface area contributed by atoms with Gasteiger partial charge in [-0.05, 0) is 12.1 Å². The van der Waals surface area contributed by atoms with Crippen molar-refractivity contribution in [2.45, 2.75) is 6.54 Å². The minimum Gasteiger partial charge on any atom is -0.326 e. The molecule has 0 aliphatic rings. The fraction of sp³-hybridized carbons (Fsp3) is 0.0625. The van der Waals surface area contributed by atoms with Gasteiger partial charge in [0.1, 0.15) is 5.01 Å². The van der Waals surface area contributed by atoms with Crippen molar-refractivity contribution in [3.63, 3.8) is 0 Å². The average molecular weight is 319 g/mol. The lowest BCUT2D eigenvalue weighted by Gasteiger charge is -2.00. The van der Waals surface area contributed by atoms with E-state index >= 15 is 0 Å². The summed E-state index contributed by atoms with van der Waals surface area (Å²) in [7, 11) is 0. The van der Waals surface area contributed by atoms with E-state index in [1.165, 1.54) is 17.4 Å². The summed E-state index contributed by atoms with van der Waals surface area (Å²) < 4.78 is 14.1. The van der Waals surface area contributed by atoms with Gasteiger partial charge < -0.3 is 5.73 Å². The van der Waals surface area contributed by atoms with Gasteiger partial charge in [-0.25, -0.2) is 9.37 Å². The number of rotatable bonds is 3. The molecule has 0 bridgehead atoms. The van der Waals surface area contributed by atoms with Crippen LogP contribution in [0.1, 0.15) is 4.88 Å². The van der Waals surface area contributed by atoms with E-state index in [1.54, 1.807) is 12.1 Å². The van der Waals surface area contributed by atoms with Gasteiger partial charge in [0.15, 0.2) is 5.82 Å². The topological polar surface area (TPSA) is 38.9 Å². The molecule has 0 unspecified atom stereocenters.